The van der Waals surface area contributed by atoms with Gasteiger partial charge >= 0.3 is 36.1 Å². The molecule has 0 aromatic heterocycles. The molecule has 0 aliphatic carbocycles. The maximum atomic E-state index is 1.62. The van der Waals surface area contributed by atoms with Gasteiger partial charge in [-0.3, -0.25) is 0 Å². The number of rotatable bonds is 0. The van der Waals surface area contributed by atoms with Gasteiger partial charge in [0.2, 0.25) is 0 Å². The van der Waals surface area contributed by atoms with Gasteiger partial charge in [-0.05, 0) is 0 Å². The van der Waals surface area contributed by atoms with Crippen LogP contribution in [0.3, 0.4) is 0 Å². The van der Waals surface area contributed by atoms with Crippen LogP contribution in [0.4, 0.5) is 0 Å². The van der Waals surface area contributed by atoms with Crippen LogP contribution in [-0.4, -0.2) is 25.6 Å². The Labute approximate surface area is 36.4 Å². The van der Waals surface area contributed by atoms with Crippen LogP contribution >= 0.6 is 0 Å². The van der Waals surface area contributed by atoms with Crippen LogP contribution in [0.15, 0.2) is 0 Å². The second-order valence-corrected chi connectivity index (χ2v) is 5.97. The first-order valence-electron chi connectivity index (χ1n) is 1.65. The molecule has 0 fully saturated rings. The van der Waals surface area contributed by atoms with E-state index in [1.54, 1.807) is 10.6 Å². The molecule has 0 N–H and O–H groups in total. The summed E-state index contributed by atoms with van der Waals surface area (Å²) in [6, 6.07) is 0. The molecule has 0 aromatic rings. The van der Waals surface area contributed by atoms with Crippen LogP contribution in [0, 0.1) is 0 Å². The van der Waals surface area contributed by atoms with Gasteiger partial charge in [0.1, 0.15) is 0 Å². The quantitative estimate of drug-likeness (QED) is 0.365. The summed E-state index contributed by atoms with van der Waals surface area (Å²) in [6.45, 7) is 0. The van der Waals surface area contributed by atoms with Crippen molar-refractivity contribution in [3.63, 3.8) is 0 Å². The molecule has 1 aliphatic heterocycles. The summed E-state index contributed by atoms with van der Waals surface area (Å²) >= 11 is 2.09. The molecular formula is C2H4Al2. The molecule has 0 unspecified atom stereocenters. The molecule has 0 spiro atoms. The fourth-order valence-corrected chi connectivity index (χ4v) is 1.50. The first kappa shape index (κ1) is 3.26. The van der Waals surface area contributed by atoms with Crippen LogP contribution in [0.5, 0.6) is 0 Å². The van der Waals surface area contributed by atoms with Crippen molar-refractivity contribution in [1.29, 1.82) is 0 Å². The molecule has 0 atom stereocenters. The van der Waals surface area contributed by atoms with E-state index in [0.29, 0.717) is 0 Å². The molecule has 1 rings (SSSR count). The van der Waals surface area contributed by atoms with Gasteiger partial charge in [0.05, 0.1) is 0 Å². The molecule has 18 valence electrons. The van der Waals surface area contributed by atoms with Crippen molar-refractivity contribution in [1.82, 2.24) is 0 Å². The topological polar surface area (TPSA) is 0 Å². The zero-order valence-electron chi connectivity index (χ0n) is 2.57. The second-order valence-electron chi connectivity index (χ2n) is 1.05. The predicted octanol–water partition coefficient (Wildman–Crippen LogP) is 0.160. The van der Waals surface area contributed by atoms with E-state index in [0.717, 1.165) is 25.6 Å². The van der Waals surface area contributed by atoms with E-state index in [2.05, 4.69) is 0 Å². The standard InChI is InChI=1S/C2H4.2Al/c1-2;;/h1-2H2;;. The number of hydrogen-bond acceptors (Lipinski definition) is 0. The Morgan fingerprint density at radius 1 is 1.00 bits per heavy atom. The third kappa shape index (κ3) is 0.509. The third-order valence-electron chi connectivity index (χ3n) is 0.667. The van der Waals surface area contributed by atoms with Gasteiger partial charge in [0.15, 0.2) is 0 Å². The van der Waals surface area contributed by atoms with Crippen LogP contribution in [0.1, 0.15) is 0 Å². The molecule has 1 aliphatic rings. The van der Waals surface area contributed by atoms with Gasteiger partial charge in [-0.1, -0.05) is 0 Å². The summed E-state index contributed by atoms with van der Waals surface area (Å²) in [4.78, 5) is 0. The average Bonchev–Trinajstić information content (AvgIpc) is 0.722. The minimum atomic E-state index is 1.05. The van der Waals surface area contributed by atoms with E-state index < -0.39 is 0 Å². The van der Waals surface area contributed by atoms with Crippen molar-refractivity contribution in [2.45, 2.75) is 10.6 Å². The third-order valence-corrected chi connectivity index (χ3v) is 6.00. The van der Waals surface area contributed by atoms with Crippen molar-refractivity contribution in [3.8, 4) is 0 Å². The summed E-state index contributed by atoms with van der Waals surface area (Å²) in [5, 5.41) is 3.24. The molecule has 0 nitrogen and oxygen atoms in total. The molecule has 0 saturated carbocycles. The van der Waals surface area contributed by atoms with Gasteiger partial charge in [-0.25, -0.2) is 0 Å². The van der Waals surface area contributed by atoms with Gasteiger partial charge in [0.25, 0.3) is 0 Å². The Morgan fingerprint density at radius 3 is 1.25 bits per heavy atom. The van der Waals surface area contributed by atoms with E-state index in [1.165, 1.54) is 0 Å². The van der Waals surface area contributed by atoms with Crippen molar-refractivity contribution >= 4 is 25.6 Å². The molecular weight excluding hydrogens is 78.0 g/mol. The zero-order valence-corrected chi connectivity index (χ0v) is 4.88. The van der Waals surface area contributed by atoms with Crippen molar-refractivity contribution in [2.24, 2.45) is 0 Å². The van der Waals surface area contributed by atoms with Crippen LogP contribution in [0.2, 0.25) is 10.6 Å². The Hall–Kier alpha value is 1.06. The predicted molar refractivity (Wildman–Crippen MR) is 21.1 cm³/mol. The maximum absolute atomic E-state index is 1.62. The van der Waals surface area contributed by atoms with E-state index >= 15 is 0 Å². The Balaban J connectivity index is 2.47. The number of hydrogen-bond donors (Lipinski definition) is 0. The molecule has 2 heteroatoms. The van der Waals surface area contributed by atoms with Gasteiger partial charge < -0.3 is 0 Å². The Morgan fingerprint density at radius 2 is 1.25 bits per heavy atom. The van der Waals surface area contributed by atoms with Crippen molar-refractivity contribution in [2.75, 3.05) is 0 Å². The van der Waals surface area contributed by atoms with Crippen LogP contribution < -0.4 is 0 Å². The summed E-state index contributed by atoms with van der Waals surface area (Å²) in [5.41, 5.74) is 0. The zero-order chi connectivity index (χ0) is 2.83. The SMILES string of the molecule is [CH2]1[CH2][Al]=[Al]1. The second kappa shape index (κ2) is 1.49. The van der Waals surface area contributed by atoms with Gasteiger partial charge in [0, 0.05) is 0 Å². The van der Waals surface area contributed by atoms with Gasteiger partial charge in [-0.2, -0.15) is 0 Å². The molecule has 4 heavy (non-hydrogen) atoms. The summed E-state index contributed by atoms with van der Waals surface area (Å²) in [7, 11) is 0. The fourth-order valence-electron chi connectivity index (χ4n) is 0.167. The molecule has 0 amide bonds. The summed E-state index contributed by atoms with van der Waals surface area (Å²) < 4.78 is 0. The van der Waals surface area contributed by atoms with Crippen molar-refractivity contribution < 1.29 is 0 Å². The first-order chi connectivity index (χ1) is 2.00. The fraction of sp³-hybridized carbons (Fsp3) is 1.00. The van der Waals surface area contributed by atoms with Crippen molar-refractivity contribution in [3.05, 3.63) is 0 Å². The normalized spacial score (nSPS) is 16.0. The Bertz CT molecular complexity index is 33.3. The summed E-state index contributed by atoms with van der Waals surface area (Å²) in [6.07, 6.45) is 0. The minimum absolute atomic E-state index is 1.05. The molecule has 1 heterocycles. The van der Waals surface area contributed by atoms with E-state index in [1.807, 2.05) is 0 Å². The molecule has 0 radical (unpaired) electrons. The van der Waals surface area contributed by atoms with Gasteiger partial charge in [-0.15, -0.1) is 0 Å². The van der Waals surface area contributed by atoms with Crippen LogP contribution in [-0.2, 0) is 0 Å². The molecule has 0 bridgehead atoms. The monoisotopic (exact) mass is 82.0 g/mol. The first-order valence-corrected chi connectivity index (χ1v) is 5.95. The van der Waals surface area contributed by atoms with E-state index in [-0.39, 0.29) is 0 Å². The van der Waals surface area contributed by atoms with E-state index in [4.69, 9.17) is 0 Å². The summed E-state index contributed by atoms with van der Waals surface area (Å²) in [5.74, 6) is 0. The van der Waals surface area contributed by atoms with Crippen LogP contribution in [0.25, 0.3) is 0 Å². The molecule has 0 saturated heterocycles. The van der Waals surface area contributed by atoms with E-state index in [9.17, 15) is 0 Å². The average molecular weight is 82.0 g/mol. The molecule has 0 aromatic carbocycles. The Kier molecular flexibility index (Phi) is 1.21.